The summed E-state index contributed by atoms with van der Waals surface area (Å²) in [7, 11) is 3.25. The van der Waals surface area contributed by atoms with E-state index in [2.05, 4.69) is 4.74 Å². The molecule has 0 aromatic carbocycles. The summed E-state index contributed by atoms with van der Waals surface area (Å²) in [5.74, 6) is 0. The van der Waals surface area contributed by atoms with Crippen LogP contribution in [0.3, 0.4) is 0 Å². The van der Waals surface area contributed by atoms with E-state index in [4.69, 9.17) is 0 Å². The molecule has 0 aliphatic carbocycles. The van der Waals surface area contributed by atoms with Crippen LogP contribution < -0.4 is 0 Å². The second-order valence-corrected chi connectivity index (χ2v) is 0.408. The number of hydrogen-bond donors (Lipinski definition) is 0. The monoisotopic (exact) mass is 66.0 g/mol. The number of hydrogen-bond acceptors (Lipinski definition) is 1. The van der Waals surface area contributed by atoms with Crippen molar-refractivity contribution in [2.75, 3.05) is 14.2 Å². The molecule has 0 N–H and O–H groups in total. The maximum Gasteiger partial charge on any atom is 0.0351 e. The van der Waals surface area contributed by atoms with Crippen molar-refractivity contribution < 1.29 is 10.9 Å². The van der Waals surface area contributed by atoms with E-state index >= 15 is 0 Å². The van der Waals surface area contributed by atoms with Crippen molar-refractivity contribution in [3.8, 4) is 0 Å². The van der Waals surface area contributed by atoms with Gasteiger partial charge in [0.1, 0.15) is 0 Å². The van der Waals surface area contributed by atoms with Gasteiger partial charge in [-0.2, -0.15) is 0 Å². The van der Waals surface area contributed by atoms with Crippen molar-refractivity contribution in [2.45, 2.75) is 0 Å². The average Bonchev–Trinajstić information content (AvgIpc) is 0.918. The standard InChI is InChI=1S/C2H6O.Ne/c1-3-2;/h1-2H3;. The molecule has 0 rings (SSSR count). The van der Waals surface area contributed by atoms with E-state index in [0.717, 1.165) is 0 Å². The second kappa shape index (κ2) is 13.3. The molecule has 0 aromatic rings. The van der Waals surface area contributed by atoms with Gasteiger partial charge in [-0.25, -0.2) is 0 Å². The Labute approximate surface area is 26.4 Å². The Morgan fingerprint density at radius 2 is 1.25 bits per heavy atom. The molecule has 2 heteroatoms. The van der Waals surface area contributed by atoms with Crippen LogP contribution in [0.5, 0.6) is 0 Å². The van der Waals surface area contributed by atoms with Gasteiger partial charge < -0.3 is 4.74 Å². The van der Waals surface area contributed by atoms with E-state index in [1.54, 1.807) is 14.2 Å². The summed E-state index contributed by atoms with van der Waals surface area (Å²) >= 11 is 0. The smallest absolute Gasteiger partial charge is 0.0351 e. The molecule has 0 fully saturated rings. The molecule has 0 saturated carbocycles. The van der Waals surface area contributed by atoms with Gasteiger partial charge in [-0.3, -0.25) is 0 Å². The van der Waals surface area contributed by atoms with Crippen molar-refractivity contribution in [2.24, 2.45) is 0 Å². The van der Waals surface area contributed by atoms with E-state index in [9.17, 15) is 0 Å². The molecule has 28 valence electrons. The molecular weight excluding hydrogens is 60.2 g/mol. The first-order valence-corrected chi connectivity index (χ1v) is 0.816. The van der Waals surface area contributed by atoms with Crippen LogP contribution in [-0.4, -0.2) is 14.2 Å². The Hall–Kier alpha value is -0.131. The Morgan fingerprint density at radius 1 is 1.25 bits per heavy atom. The summed E-state index contributed by atoms with van der Waals surface area (Å²) in [5, 5.41) is 0. The van der Waals surface area contributed by atoms with Gasteiger partial charge in [-0.05, 0) is 0 Å². The molecular formula is C2H6NeO. The van der Waals surface area contributed by atoms with Gasteiger partial charge in [0.2, 0.25) is 0 Å². The molecule has 0 spiro atoms. The van der Waals surface area contributed by atoms with Gasteiger partial charge >= 0.3 is 0 Å². The predicted molar refractivity (Wildman–Crippen MR) is 12.9 cm³/mol. The van der Waals surface area contributed by atoms with Gasteiger partial charge in [0, 0.05) is 20.4 Å². The molecule has 4 heavy (non-hydrogen) atoms. The molecule has 0 radical (unpaired) electrons. The van der Waals surface area contributed by atoms with E-state index < -0.39 is 0 Å². The first-order chi connectivity index (χ1) is 1.41. The molecule has 0 amide bonds. The van der Waals surface area contributed by atoms with Crippen LogP contribution in [0.4, 0.5) is 0 Å². The van der Waals surface area contributed by atoms with Crippen LogP contribution >= 0.6 is 0 Å². The summed E-state index contributed by atoms with van der Waals surface area (Å²) in [4.78, 5) is 0. The maximum absolute atomic E-state index is 4.25. The predicted octanol–water partition coefficient (Wildman–Crippen LogP) is 0.263. The van der Waals surface area contributed by atoms with E-state index in [-0.39, 0.29) is 6.15 Å². The Morgan fingerprint density at radius 3 is 1.25 bits per heavy atom. The Kier molecular flexibility index (Phi) is 30.2. The van der Waals surface area contributed by atoms with Crippen LogP contribution in [0, 0.1) is 6.15 Å². The molecule has 0 heterocycles. The fourth-order valence-corrected chi connectivity index (χ4v) is 0. The quantitative estimate of drug-likeness (QED) is 0.394. The zero-order valence-electron chi connectivity index (χ0n) is 2.76. The van der Waals surface area contributed by atoms with Crippen LogP contribution in [0.1, 0.15) is 0 Å². The Bertz CT molecular complexity index is 6.00. The molecule has 1 nitrogen and oxygen atoms in total. The van der Waals surface area contributed by atoms with Gasteiger partial charge in [0.15, 0.2) is 0 Å². The minimum atomic E-state index is 0. The Balaban J connectivity index is 0. The van der Waals surface area contributed by atoms with E-state index in [1.807, 2.05) is 0 Å². The van der Waals surface area contributed by atoms with Crippen molar-refractivity contribution in [1.82, 2.24) is 0 Å². The van der Waals surface area contributed by atoms with Gasteiger partial charge in [0.25, 0.3) is 0 Å². The summed E-state index contributed by atoms with van der Waals surface area (Å²) in [6, 6.07) is 0. The van der Waals surface area contributed by atoms with Crippen LogP contribution in [0.15, 0.2) is 0 Å². The molecule has 0 bridgehead atoms. The van der Waals surface area contributed by atoms with Crippen molar-refractivity contribution in [3.05, 3.63) is 0 Å². The fraction of sp³-hybridized carbons (Fsp3) is 1.00. The topological polar surface area (TPSA) is 9.23 Å². The van der Waals surface area contributed by atoms with Gasteiger partial charge in [-0.15, -0.1) is 0 Å². The molecule has 0 aromatic heterocycles. The summed E-state index contributed by atoms with van der Waals surface area (Å²) in [6.45, 7) is 0. The van der Waals surface area contributed by atoms with Crippen molar-refractivity contribution in [3.63, 3.8) is 0 Å². The van der Waals surface area contributed by atoms with E-state index in [0.29, 0.717) is 0 Å². The van der Waals surface area contributed by atoms with Crippen LogP contribution in [0.25, 0.3) is 0 Å². The summed E-state index contributed by atoms with van der Waals surface area (Å²) in [5.41, 5.74) is 0. The third kappa shape index (κ3) is 82.4. The number of rotatable bonds is 0. The summed E-state index contributed by atoms with van der Waals surface area (Å²) in [6.07, 6.45) is 0. The third-order valence-corrected chi connectivity index (χ3v) is 0. The van der Waals surface area contributed by atoms with Crippen LogP contribution in [-0.2, 0) is 4.74 Å². The van der Waals surface area contributed by atoms with Gasteiger partial charge in [-0.1, -0.05) is 0 Å². The second-order valence-electron chi connectivity index (χ2n) is 0.408. The van der Waals surface area contributed by atoms with Crippen LogP contribution in [0.2, 0.25) is 0 Å². The van der Waals surface area contributed by atoms with Gasteiger partial charge in [0.05, 0.1) is 0 Å². The number of methoxy groups -OCH3 is 1. The zero-order valence-corrected chi connectivity index (χ0v) is 2.76. The maximum atomic E-state index is 4.25. The average molecular weight is 66.2 g/mol. The normalized spacial score (nSPS) is 4.50. The largest absolute Gasteiger partial charge is 0.388 e. The molecule has 0 aliphatic rings. The molecule has 0 atom stereocenters. The fourth-order valence-electron chi connectivity index (χ4n) is 0. The summed E-state index contributed by atoms with van der Waals surface area (Å²) < 4.78 is 4.25. The minimum absolute atomic E-state index is 0. The molecule has 0 saturated heterocycles. The van der Waals surface area contributed by atoms with Crippen molar-refractivity contribution in [1.29, 1.82) is 0 Å². The molecule has 0 aliphatic heterocycles. The van der Waals surface area contributed by atoms with Crippen molar-refractivity contribution >= 4 is 0 Å². The zero-order chi connectivity index (χ0) is 2.71. The first kappa shape index (κ1) is 9.12. The minimum Gasteiger partial charge on any atom is -0.388 e. The SMILES string of the molecule is COC.[Ne]. The molecule has 0 unspecified atom stereocenters. The number of ether oxygens (including phenoxy) is 1. The first-order valence-electron chi connectivity index (χ1n) is 0.816. The third-order valence-electron chi connectivity index (χ3n) is 0. The van der Waals surface area contributed by atoms with E-state index in [1.165, 1.54) is 0 Å².